The zero-order valence-corrected chi connectivity index (χ0v) is 10.0. The molecule has 0 atom stereocenters. The minimum Gasteiger partial charge on any atom is -0.364 e. The third-order valence-corrected chi connectivity index (χ3v) is 3.41. The van der Waals surface area contributed by atoms with Crippen LogP contribution in [0.25, 0.3) is 11.0 Å². The van der Waals surface area contributed by atoms with Crippen LogP contribution in [0.4, 0.5) is 11.8 Å². The van der Waals surface area contributed by atoms with Gasteiger partial charge in [-0.25, -0.2) is 0 Å². The molecule has 3 rings (SSSR count). The van der Waals surface area contributed by atoms with Crippen LogP contribution in [0.1, 0.15) is 26.2 Å². The first kappa shape index (κ1) is 10.3. The Hall–Kier alpha value is -1.85. The van der Waals surface area contributed by atoms with Crippen molar-refractivity contribution in [3.8, 4) is 0 Å². The highest BCUT2D eigenvalue weighted by atomic mass is 15.2. The molecule has 0 saturated heterocycles. The van der Waals surface area contributed by atoms with Crippen molar-refractivity contribution in [1.82, 2.24) is 20.2 Å². The third kappa shape index (κ3) is 1.69. The maximum atomic E-state index is 4.47. The van der Waals surface area contributed by atoms with E-state index in [2.05, 4.69) is 37.7 Å². The van der Waals surface area contributed by atoms with E-state index < -0.39 is 0 Å². The molecule has 2 aromatic heterocycles. The lowest BCUT2D eigenvalue weighted by atomic mass is 9.78. The molecule has 0 amide bonds. The summed E-state index contributed by atoms with van der Waals surface area (Å²) >= 11 is 0. The smallest absolute Gasteiger partial charge is 0.226 e. The Bertz CT molecular complexity index is 542. The van der Waals surface area contributed by atoms with Crippen molar-refractivity contribution in [2.24, 2.45) is 0 Å². The number of fused-ring (bicyclic) bond motifs is 1. The summed E-state index contributed by atoms with van der Waals surface area (Å²) in [7, 11) is 1.81. The average Bonchev–Trinajstić information content (AvgIpc) is 2.75. The fourth-order valence-corrected chi connectivity index (χ4v) is 2.16. The van der Waals surface area contributed by atoms with Gasteiger partial charge in [0.2, 0.25) is 5.95 Å². The number of anilines is 2. The van der Waals surface area contributed by atoms with Gasteiger partial charge in [0.1, 0.15) is 5.82 Å². The maximum absolute atomic E-state index is 4.47. The van der Waals surface area contributed by atoms with Crippen molar-refractivity contribution >= 4 is 22.8 Å². The number of rotatable bonds is 3. The number of aromatic amines is 1. The maximum Gasteiger partial charge on any atom is 0.226 e. The fraction of sp³-hybridized carbons (Fsp3) is 0.545. The van der Waals surface area contributed by atoms with E-state index in [1.807, 2.05) is 7.05 Å². The molecule has 6 heteroatoms. The Morgan fingerprint density at radius 2 is 2.18 bits per heavy atom. The molecule has 17 heavy (non-hydrogen) atoms. The summed E-state index contributed by atoms with van der Waals surface area (Å²) < 4.78 is 0. The van der Waals surface area contributed by atoms with Gasteiger partial charge in [-0.15, -0.1) is 0 Å². The monoisotopic (exact) mass is 232 g/mol. The lowest BCUT2D eigenvalue weighted by molar-refractivity contribution is 0.306. The van der Waals surface area contributed by atoms with Crippen molar-refractivity contribution in [2.45, 2.75) is 31.7 Å². The quantitative estimate of drug-likeness (QED) is 0.751. The predicted molar refractivity (Wildman–Crippen MR) is 67.1 cm³/mol. The Morgan fingerprint density at radius 1 is 1.35 bits per heavy atom. The average molecular weight is 232 g/mol. The van der Waals surface area contributed by atoms with Crippen LogP contribution >= 0.6 is 0 Å². The summed E-state index contributed by atoms with van der Waals surface area (Å²) in [5, 5.41) is 14.3. The fourth-order valence-electron chi connectivity index (χ4n) is 2.16. The molecule has 2 aromatic rings. The van der Waals surface area contributed by atoms with Crippen LogP contribution in [-0.4, -0.2) is 32.8 Å². The van der Waals surface area contributed by atoms with Crippen molar-refractivity contribution in [3.63, 3.8) is 0 Å². The van der Waals surface area contributed by atoms with Crippen molar-refractivity contribution in [2.75, 3.05) is 17.7 Å². The lowest BCUT2D eigenvalue weighted by Gasteiger charge is -2.39. The van der Waals surface area contributed by atoms with Crippen LogP contribution in [0.15, 0.2) is 6.20 Å². The second-order valence-corrected chi connectivity index (χ2v) is 4.82. The molecule has 3 N–H and O–H groups in total. The molecule has 0 aromatic carbocycles. The number of nitrogens with one attached hydrogen (secondary N) is 3. The summed E-state index contributed by atoms with van der Waals surface area (Å²) in [6, 6.07) is 0. The predicted octanol–water partition coefficient (Wildman–Crippen LogP) is 1.75. The minimum atomic E-state index is 0.170. The lowest BCUT2D eigenvalue weighted by Crippen LogP contribution is -2.42. The van der Waals surface area contributed by atoms with Gasteiger partial charge in [-0.05, 0) is 26.2 Å². The van der Waals surface area contributed by atoms with Crippen LogP contribution < -0.4 is 10.6 Å². The van der Waals surface area contributed by atoms with Crippen LogP contribution in [-0.2, 0) is 0 Å². The van der Waals surface area contributed by atoms with Gasteiger partial charge in [-0.1, -0.05) is 0 Å². The highest BCUT2D eigenvalue weighted by Crippen LogP contribution is 2.35. The second kappa shape index (κ2) is 3.58. The summed E-state index contributed by atoms with van der Waals surface area (Å²) in [5.41, 5.74) is 0.929. The van der Waals surface area contributed by atoms with Crippen molar-refractivity contribution < 1.29 is 0 Å². The van der Waals surface area contributed by atoms with Crippen LogP contribution in [0.5, 0.6) is 0 Å². The topological polar surface area (TPSA) is 78.5 Å². The molecule has 0 radical (unpaired) electrons. The van der Waals surface area contributed by atoms with Gasteiger partial charge in [-0.3, -0.25) is 5.10 Å². The summed E-state index contributed by atoms with van der Waals surface area (Å²) in [6.45, 7) is 2.23. The first-order valence-electron chi connectivity index (χ1n) is 5.87. The highest BCUT2D eigenvalue weighted by Gasteiger charge is 2.32. The molecule has 2 heterocycles. The molecule has 0 bridgehead atoms. The van der Waals surface area contributed by atoms with Crippen LogP contribution in [0.2, 0.25) is 0 Å². The van der Waals surface area contributed by atoms with E-state index in [4.69, 9.17) is 0 Å². The molecule has 6 nitrogen and oxygen atoms in total. The summed E-state index contributed by atoms with van der Waals surface area (Å²) in [5.74, 6) is 1.46. The normalized spacial score (nSPS) is 17.8. The largest absolute Gasteiger partial charge is 0.364 e. The molecule has 1 saturated carbocycles. The van der Waals surface area contributed by atoms with E-state index in [0.717, 1.165) is 16.9 Å². The molecular formula is C11H16N6. The molecule has 0 spiro atoms. The third-order valence-electron chi connectivity index (χ3n) is 3.41. The number of hydrogen-bond donors (Lipinski definition) is 3. The molecule has 1 fully saturated rings. The molecule has 1 aliphatic rings. The van der Waals surface area contributed by atoms with Gasteiger partial charge in [0.15, 0.2) is 5.65 Å². The number of H-pyrrole nitrogens is 1. The zero-order valence-electron chi connectivity index (χ0n) is 10.0. The summed E-state index contributed by atoms with van der Waals surface area (Å²) in [6.07, 6.45) is 5.41. The van der Waals surface area contributed by atoms with Crippen LogP contribution in [0, 0.1) is 0 Å². The number of nitrogens with zero attached hydrogens (tertiary/aromatic N) is 3. The van der Waals surface area contributed by atoms with Gasteiger partial charge in [0.25, 0.3) is 0 Å². The van der Waals surface area contributed by atoms with Crippen LogP contribution in [0.3, 0.4) is 0 Å². The number of aromatic nitrogens is 4. The van der Waals surface area contributed by atoms with Gasteiger partial charge in [0, 0.05) is 12.6 Å². The van der Waals surface area contributed by atoms with E-state index >= 15 is 0 Å². The standard InChI is InChI=1S/C11H16N6/c1-11(4-3-5-11)16-8-7-6-13-17-9(7)15-10(12-2)14-8/h6H,3-5H2,1-2H3,(H3,12,13,14,15,16,17). The van der Waals surface area contributed by atoms with Gasteiger partial charge in [-0.2, -0.15) is 15.1 Å². The van der Waals surface area contributed by atoms with E-state index in [0.29, 0.717) is 5.95 Å². The Balaban J connectivity index is 2.03. The molecule has 90 valence electrons. The summed E-state index contributed by atoms with van der Waals surface area (Å²) in [4.78, 5) is 8.77. The molecular weight excluding hydrogens is 216 g/mol. The first-order chi connectivity index (χ1) is 8.20. The second-order valence-electron chi connectivity index (χ2n) is 4.82. The molecule has 0 unspecified atom stereocenters. The zero-order chi connectivity index (χ0) is 11.9. The first-order valence-corrected chi connectivity index (χ1v) is 5.87. The van der Waals surface area contributed by atoms with Gasteiger partial charge < -0.3 is 10.6 Å². The SMILES string of the molecule is CNc1nc(NC2(C)CCC2)c2cn[nH]c2n1. The van der Waals surface area contributed by atoms with E-state index in [-0.39, 0.29) is 5.54 Å². The minimum absolute atomic E-state index is 0.170. The van der Waals surface area contributed by atoms with Crippen molar-refractivity contribution in [3.05, 3.63) is 6.20 Å². The van der Waals surface area contributed by atoms with Gasteiger partial charge in [0.05, 0.1) is 11.6 Å². The Labute approximate surface area is 99.2 Å². The Morgan fingerprint density at radius 3 is 2.82 bits per heavy atom. The Kier molecular flexibility index (Phi) is 2.17. The highest BCUT2D eigenvalue weighted by molar-refractivity contribution is 5.87. The van der Waals surface area contributed by atoms with E-state index in [9.17, 15) is 0 Å². The van der Waals surface area contributed by atoms with Crippen molar-refractivity contribution in [1.29, 1.82) is 0 Å². The molecule has 1 aliphatic carbocycles. The van der Waals surface area contributed by atoms with Gasteiger partial charge >= 0.3 is 0 Å². The van der Waals surface area contributed by atoms with E-state index in [1.165, 1.54) is 19.3 Å². The molecule has 0 aliphatic heterocycles. The van der Waals surface area contributed by atoms with E-state index in [1.54, 1.807) is 6.20 Å². The number of hydrogen-bond acceptors (Lipinski definition) is 5.